The summed E-state index contributed by atoms with van der Waals surface area (Å²) in [5, 5.41) is 13.8. The normalized spacial score (nSPS) is 9.90. The maximum absolute atomic E-state index is 11.0. The molecule has 8 nitrogen and oxygen atoms in total. The minimum absolute atomic E-state index is 0.0801. The van der Waals surface area contributed by atoms with Crippen LogP contribution in [0.4, 0.5) is 11.6 Å². The quantitative estimate of drug-likeness (QED) is 0.660. The number of rotatable bonds is 5. The van der Waals surface area contributed by atoms with Gasteiger partial charge in [0.05, 0.1) is 18.1 Å². The van der Waals surface area contributed by atoms with E-state index in [1.807, 2.05) is 0 Å². The molecule has 1 aromatic carbocycles. The summed E-state index contributed by atoms with van der Waals surface area (Å²) in [4.78, 5) is 18.4. The van der Waals surface area contributed by atoms with Gasteiger partial charge in [0.25, 0.3) is 0 Å². The second-order valence-corrected chi connectivity index (χ2v) is 3.66. The van der Waals surface area contributed by atoms with Crippen LogP contribution in [0.2, 0.25) is 0 Å². The monoisotopic (exact) mass is 276 g/mol. The fraction of sp³-hybridized carbons (Fsp3) is 0.167. The summed E-state index contributed by atoms with van der Waals surface area (Å²) >= 11 is 0. The Morgan fingerprint density at radius 2 is 2.15 bits per heavy atom. The summed E-state index contributed by atoms with van der Waals surface area (Å²) in [7, 11) is 3.10. The van der Waals surface area contributed by atoms with Gasteiger partial charge in [-0.2, -0.15) is 4.98 Å². The molecule has 0 radical (unpaired) electrons. The first-order chi connectivity index (χ1) is 9.63. The van der Waals surface area contributed by atoms with Crippen molar-refractivity contribution < 1.29 is 14.4 Å². The van der Waals surface area contributed by atoms with E-state index in [-0.39, 0.29) is 17.3 Å². The van der Waals surface area contributed by atoms with Gasteiger partial charge in [0.1, 0.15) is 5.75 Å². The Hall–Kier alpha value is -2.90. The van der Waals surface area contributed by atoms with Crippen LogP contribution in [0.5, 0.6) is 17.4 Å². The Bertz CT molecular complexity index is 633. The number of ether oxygens (including phenoxy) is 2. The molecule has 8 heteroatoms. The average molecular weight is 276 g/mol. The van der Waals surface area contributed by atoms with Crippen LogP contribution >= 0.6 is 0 Å². The van der Waals surface area contributed by atoms with Gasteiger partial charge in [0, 0.05) is 19.3 Å². The molecule has 0 aliphatic rings. The van der Waals surface area contributed by atoms with Crippen molar-refractivity contribution >= 4 is 11.6 Å². The number of anilines is 1. The number of aromatic nitrogens is 2. The number of benzene rings is 1. The van der Waals surface area contributed by atoms with Crippen molar-refractivity contribution in [2.75, 3.05) is 19.5 Å². The molecule has 2 aromatic rings. The third-order valence-corrected chi connectivity index (χ3v) is 2.43. The molecule has 0 saturated heterocycles. The third-order valence-electron chi connectivity index (χ3n) is 2.43. The van der Waals surface area contributed by atoms with Crippen LogP contribution in [0.15, 0.2) is 30.5 Å². The number of nitrogens with zero attached hydrogens (tertiary/aromatic N) is 3. The summed E-state index contributed by atoms with van der Waals surface area (Å²) in [6.07, 6.45) is 1.49. The van der Waals surface area contributed by atoms with Crippen LogP contribution in [0, 0.1) is 10.1 Å². The SMILES string of the molecule is CNc1nccc(Oc2ccc(OC)cc2[N+](=O)[O-])n1. The summed E-state index contributed by atoms with van der Waals surface area (Å²) < 4.78 is 10.4. The van der Waals surface area contributed by atoms with Gasteiger partial charge in [0.15, 0.2) is 0 Å². The first-order valence-electron chi connectivity index (χ1n) is 5.65. The molecule has 104 valence electrons. The Labute approximate surface area is 114 Å². The molecule has 0 atom stereocenters. The van der Waals surface area contributed by atoms with Gasteiger partial charge in [-0.05, 0) is 12.1 Å². The lowest BCUT2D eigenvalue weighted by Gasteiger charge is -2.07. The van der Waals surface area contributed by atoms with Crippen molar-refractivity contribution in [2.24, 2.45) is 0 Å². The van der Waals surface area contributed by atoms with Crippen LogP contribution in [0.25, 0.3) is 0 Å². The molecule has 0 spiro atoms. The predicted molar refractivity (Wildman–Crippen MR) is 71.3 cm³/mol. The van der Waals surface area contributed by atoms with E-state index in [1.54, 1.807) is 13.1 Å². The van der Waals surface area contributed by atoms with E-state index < -0.39 is 4.92 Å². The van der Waals surface area contributed by atoms with Crippen LogP contribution < -0.4 is 14.8 Å². The number of hydrogen-bond acceptors (Lipinski definition) is 7. The van der Waals surface area contributed by atoms with Crippen LogP contribution in [0.1, 0.15) is 0 Å². The molecule has 0 aliphatic carbocycles. The zero-order valence-corrected chi connectivity index (χ0v) is 10.9. The van der Waals surface area contributed by atoms with Gasteiger partial charge in [-0.25, -0.2) is 4.98 Å². The smallest absolute Gasteiger partial charge is 0.315 e. The zero-order valence-electron chi connectivity index (χ0n) is 10.9. The Balaban J connectivity index is 2.34. The molecular weight excluding hydrogens is 264 g/mol. The van der Waals surface area contributed by atoms with Gasteiger partial charge < -0.3 is 14.8 Å². The Morgan fingerprint density at radius 3 is 2.80 bits per heavy atom. The largest absolute Gasteiger partial charge is 0.496 e. The second-order valence-electron chi connectivity index (χ2n) is 3.66. The van der Waals surface area contributed by atoms with Gasteiger partial charge in [-0.3, -0.25) is 10.1 Å². The highest BCUT2D eigenvalue weighted by Gasteiger charge is 2.17. The van der Waals surface area contributed by atoms with E-state index >= 15 is 0 Å². The summed E-state index contributed by atoms with van der Waals surface area (Å²) in [6.45, 7) is 0. The van der Waals surface area contributed by atoms with E-state index in [0.29, 0.717) is 11.7 Å². The molecule has 0 saturated carbocycles. The second kappa shape index (κ2) is 5.83. The minimum Gasteiger partial charge on any atom is -0.496 e. The molecule has 2 rings (SSSR count). The molecule has 0 bridgehead atoms. The molecule has 1 aromatic heterocycles. The van der Waals surface area contributed by atoms with Gasteiger partial charge >= 0.3 is 5.69 Å². The highest BCUT2D eigenvalue weighted by atomic mass is 16.6. The first-order valence-corrected chi connectivity index (χ1v) is 5.65. The Kier molecular flexibility index (Phi) is 3.94. The molecule has 0 aliphatic heterocycles. The fourth-order valence-electron chi connectivity index (χ4n) is 1.49. The third kappa shape index (κ3) is 2.91. The minimum atomic E-state index is -0.544. The van der Waals surface area contributed by atoms with E-state index in [4.69, 9.17) is 9.47 Å². The number of hydrogen-bond donors (Lipinski definition) is 1. The molecule has 1 N–H and O–H groups in total. The number of nitrogens with one attached hydrogen (secondary N) is 1. The van der Waals surface area contributed by atoms with E-state index in [1.165, 1.54) is 31.5 Å². The van der Waals surface area contributed by atoms with E-state index in [9.17, 15) is 10.1 Å². The molecule has 0 unspecified atom stereocenters. The van der Waals surface area contributed by atoms with Gasteiger partial charge in [-0.15, -0.1) is 0 Å². The van der Waals surface area contributed by atoms with Crippen molar-refractivity contribution in [3.63, 3.8) is 0 Å². The van der Waals surface area contributed by atoms with Gasteiger partial charge in [0.2, 0.25) is 17.6 Å². The summed E-state index contributed by atoms with van der Waals surface area (Å²) in [5.41, 5.74) is -0.200. The van der Waals surface area contributed by atoms with Crippen molar-refractivity contribution in [2.45, 2.75) is 0 Å². The number of nitro benzene ring substituents is 1. The lowest BCUT2D eigenvalue weighted by atomic mass is 10.3. The topological polar surface area (TPSA) is 99.4 Å². The number of nitro groups is 1. The number of methoxy groups -OCH3 is 1. The highest BCUT2D eigenvalue weighted by molar-refractivity contribution is 5.52. The summed E-state index contributed by atoms with van der Waals surface area (Å²) in [5.74, 6) is 1.02. The molecule has 1 heterocycles. The van der Waals surface area contributed by atoms with Crippen molar-refractivity contribution in [1.82, 2.24) is 9.97 Å². The van der Waals surface area contributed by atoms with E-state index in [2.05, 4.69) is 15.3 Å². The van der Waals surface area contributed by atoms with Crippen LogP contribution in [-0.2, 0) is 0 Å². The van der Waals surface area contributed by atoms with Crippen molar-refractivity contribution in [1.29, 1.82) is 0 Å². The molecule has 20 heavy (non-hydrogen) atoms. The maximum Gasteiger partial charge on any atom is 0.315 e. The summed E-state index contributed by atoms with van der Waals surface area (Å²) in [6, 6.07) is 5.82. The zero-order chi connectivity index (χ0) is 14.5. The molecule has 0 fully saturated rings. The van der Waals surface area contributed by atoms with Crippen molar-refractivity contribution in [3.8, 4) is 17.4 Å². The Morgan fingerprint density at radius 1 is 1.35 bits per heavy atom. The van der Waals surface area contributed by atoms with Crippen LogP contribution in [0.3, 0.4) is 0 Å². The standard InChI is InChI=1S/C12H12N4O4/c1-13-12-14-6-5-11(15-12)20-10-4-3-8(19-2)7-9(10)16(17)18/h3-7H,1-2H3,(H,13,14,15). The molecule has 0 amide bonds. The maximum atomic E-state index is 11.0. The molecular formula is C12H12N4O4. The fourth-order valence-corrected chi connectivity index (χ4v) is 1.49. The lowest BCUT2D eigenvalue weighted by Crippen LogP contribution is -1.99. The average Bonchev–Trinajstić information content (AvgIpc) is 2.47. The predicted octanol–water partition coefficient (Wildman–Crippen LogP) is 2.23. The van der Waals surface area contributed by atoms with E-state index in [0.717, 1.165) is 0 Å². The first kappa shape index (κ1) is 13.5. The highest BCUT2D eigenvalue weighted by Crippen LogP contribution is 2.33. The van der Waals surface area contributed by atoms with Crippen molar-refractivity contribution in [3.05, 3.63) is 40.6 Å². The van der Waals surface area contributed by atoms with Crippen LogP contribution in [-0.4, -0.2) is 29.0 Å². The lowest BCUT2D eigenvalue weighted by molar-refractivity contribution is -0.385. The van der Waals surface area contributed by atoms with Gasteiger partial charge in [-0.1, -0.05) is 0 Å².